The number of anilines is 1. The Hall–Kier alpha value is -2.14. The summed E-state index contributed by atoms with van der Waals surface area (Å²) >= 11 is 5.73. The van der Waals surface area contributed by atoms with Gasteiger partial charge in [-0.2, -0.15) is 0 Å². The van der Waals surface area contributed by atoms with Gasteiger partial charge < -0.3 is 10.3 Å². The van der Waals surface area contributed by atoms with Crippen molar-refractivity contribution < 1.29 is 4.79 Å². The molecule has 2 aromatic heterocycles. The number of nitrogens with one attached hydrogen (secondary N) is 2. The van der Waals surface area contributed by atoms with E-state index in [-0.39, 0.29) is 11.0 Å². The van der Waals surface area contributed by atoms with E-state index in [1.807, 2.05) is 0 Å². The molecule has 98 valence electrons. The molecule has 0 fully saturated rings. The van der Waals surface area contributed by atoms with Gasteiger partial charge in [-0.15, -0.1) is 0 Å². The number of aromatic nitrogens is 2. The van der Waals surface area contributed by atoms with Crippen LogP contribution in [-0.2, 0) is 0 Å². The minimum atomic E-state index is -0.478. The highest BCUT2D eigenvalue weighted by Crippen LogP contribution is 2.16. The number of pyridine rings is 2. The van der Waals surface area contributed by atoms with E-state index >= 15 is 0 Å². The van der Waals surface area contributed by atoms with E-state index in [2.05, 4.69) is 15.3 Å². The van der Waals surface area contributed by atoms with E-state index < -0.39 is 5.91 Å². The van der Waals surface area contributed by atoms with Crippen molar-refractivity contribution in [2.24, 2.45) is 0 Å². The molecule has 0 saturated carbocycles. The minimum absolute atomic E-state index is 0.0555. The largest absolute Gasteiger partial charge is 0.364 e. The summed E-state index contributed by atoms with van der Waals surface area (Å²) in [6.45, 7) is 3.47. The van der Waals surface area contributed by atoms with Crippen LogP contribution in [0.5, 0.6) is 0 Å². The summed E-state index contributed by atoms with van der Waals surface area (Å²) in [6, 6.07) is 4.59. The Morgan fingerprint density at radius 1 is 1.37 bits per heavy atom. The maximum Gasteiger partial charge on any atom is 0.261 e. The van der Waals surface area contributed by atoms with Crippen molar-refractivity contribution in [2.45, 2.75) is 13.8 Å². The highest BCUT2D eigenvalue weighted by atomic mass is 35.5. The van der Waals surface area contributed by atoms with Crippen LogP contribution in [0.15, 0.2) is 29.2 Å². The molecule has 5 nitrogen and oxygen atoms in total. The Balaban J connectivity index is 2.28. The van der Waals surface area contributed by atoms with Gasteiger partial charge >= 0.3 is 0 Å². The molecular weight excluding hydrogens is 266 g/mol. The van der Waals surface area contributed by atoms with Gasteiger partial charge in [-0.25, -0.2) is 4.98 Å². The second-order valence-corrected chi connectivity index (χ2v) is 4.50. The quantitative estimate of drug-likeness (QED) is 0.827. The van der Waals surface area contributed by atoms with E-state index in [1.165, 1.54) is 12.3 Å². The van der Waals surface area contributed by atoms with Gasteiger partial charge in [0.2, 0.25) is 0 Å². The average Bonchev–Trinajstić information content (AvgIpc) is 2.32. The number of carbonyl (C=O) groups excluding carboxylic acids is 1. The molecule has 0 saturated heterocycles. The normalized spacial score (nSPS) is 10.3. The van der Waals surface area contributed by atoms with Gasteiger partial charge in [-0.1, -0.05) is 11.6 Å². The lowest BCUT2D eigenvalue weighted by atomic mass is 10.2. The minimum Gasteiger partial charge on any atom is -0.364 e. The molecule has 0 unspecified atom stereocenters. The topological polar surface area (TPSA) is 74.8 Å². The molecule has 1 amide bonds. The third-order valence-electron chi connectivity index (χ3n) is 2.60. The van der Waals surface area contributed by atoms with Crippen LogP contribution in [0, 0.1) is 13.8 Å². The van der Waals surface area contributed by atoms with Crippen LogP contribution in [0.4, 0.5) is 5.69 Å². The molecule has 0 atom stereocenters. The van der Waals surface area contributed by atoms with E-state index in [0.29, 0.717) is 22.2 Å². The molecule has 2 N–H and O–H groups in total. The van der Waals surface area contributed by atoms with Crippen molar-refractivity contribution >= 4 is 23.2 Å². The van der Waals surface area contributed by atoms with Crippen molar-refractivity contribution in [1.29, 1.82) is 0 Å². The Morgan fingerprint density at radius 3 is 2.74 bits per heavy atom. The van der Waals surface area contributed by atoms with E-state index in [1.54, 1.807) is 26.0 Å². The number of hydrogen-bond acceptors (Lipinski definition) is 3. The van der Waals surface area contributed by atoms with E-state index in [0.717, 1.165) is 0 Å². The van der Waals surface area contributed by atoms with Crippen LogP contribution in [0.3, 0.4) is 0 Å². The number of rotatable bonds is 2. The first kappa shape index (κ1) is 13.3. The predicted molar refractivity (Wildman–Crippen MR) is 73.7 cm³/mol. The first-order chi connectivity index (χ1) is 8.97. The maximum absolute atomic E-state index is 12.0. The highest BCUT2D eigenvalue weighted by Gasteiger charge is 2.12. The van der Waals surface area contributed by atoms with Crippen molar-refractivity contribution in [1.82, 2.24) is 9.97 Å². The lowest BCUT2D eigenvalue weighted by molar-refractivity contribution is 0.102. The summed E-state index contributed by atoms with van der Waals surface area (Å²) in [5, 5.41) is 2.98. The molecule has 0 aliphatic heterocycles. The zero-order valence-corrected chi connectivity index (χ0v) is 11.2. The summed E-state index contributed by atoms with van der Waals surface area (Å²) in [6.07, 6.45) is 1.39. The first-order valence-electron chi connectivity index (χ1n) is 5.61. The first-order valence-corrected chi connectivity index (χ1v) is 5.99. The summed E-state index contributed by atoms with van der Waals surface area (Å²) in [5.41, 5.74) is 1.54. The molecule has 0 aromatic carbocycles. The van der Waals surface area contributed by atoms with E-state index in [4.69, 9.17) is 11.6 Å². The zero-order chi connectivity index (χ0) is 14.0. The summed E-state index contributed by atoms with van der Waals surface area (Å²) in [5.74, 6) is -0.478. The Kier molecular flexibility index (Phi) is 3.66. The fraction of sp³-hybridized carbons (Fsp3) is 0.154. The van der Waals surface area contributed by atoms with Gasteiger partial charge in [0, 0.05) is 18.0 Å². The molecule has 6 heteroatoms. The molecule has 0 spiro atoms. The fourth-order valence-electron chi connectivity index (χ4n) is 1.60. The maximum atomic E-state index is 12.0. The van der Waals surface area contributed by atoms with Crippen LogP contribution in [-0.4, -0.2) is 15.9 Å². The van der Waals surface area contributed by atoms with Crippen LogP contribution >= 0.6 is 11.6 Å². The summed E-state index contributed by atoms with van der Waals surface area (Å²) in [4.78, 5) is 30.5. The lowest BCUT2D eigenvalue weighted by Crippen LogP contribution is -2.22. The van der Waals surface area contributed by atoms with Crippen LogP contribution in [0.25, 0.3) is 0 Å². The Bertz CT molecular complexity index is 695. The molecule has 0 radical (unpaired) electrons. The molecule has 0 aliphatic carbocycles. The van der Waals surface area contributed by atoms with Crippen LogP contribution in [0.1, 0.15) is 21.7 Å². The van der Waals surface area contributed by atoms with Crippen LogP contribution < -0.4 is 10.7 Å². The third kappa shape index (κ3) is 3.00. The number of halogens is 1. The number of amides is 1. The molecule has 0 aliphatic rings. The van der Waals surface area contributed by atoms with Crippen molar-refractivity contribution in [3.05, 3.63) is 56.7 Å². The van der Waals surface area contributed by atoms with E-state index in [9.17, 15) is 9.59 Å². The van der Waals surface area contributed by atoms with Gasteiger partial charge in [0.15, 0.2) is 5.43 Å². The summed E-state index contributed by atoms with van der Waals surface area (Å²) < 4.78 is 0. The van der Waals surface area contributed by atoms with Crippen molar-refractivity contribution in [2.75, 3.05) is 5.32 Å². The predicted octanol–water partition coefficient (Wildman–Crippen LogP) is 2.29. The average molecular weight is 278 g/mol. The zero-order valence-electron chi connectivity index (χ0n) is 10.5. The number of hydrogen-bond donors (Lipinski definition) is 2. The monoisotopic (exact) mass is 277 g/mol. The molecule has 2 aromatic rings. The Morgan fingerprint density at radius 2 is 2.11 bits per heavy atom. The number of aromatic amines is 1. The number of carbonyl (C=O) groups is 1. The highest BCUT2D eigenvalue weighted by molar-refractivity contribution is 6.29. The molecule has 2 heterocycles. The summed E-state index contributed by atoms with van der Waals surface area (Å²) in [7, 11) is 0. The van der Waals surface area contributed by atoms with Gasteiger partial charge in [-0.05, 0) is 26.0 Å². The fourth-order valence-corrected chi connectivity index (χ4v) is 1.79. The van der Waals surface area contributed by atoms with Gasteiger partial charge in [0.1, 0.15) is 10.7 Å². The van der Waals surface area contributed by atoms with Gasteiger partial charge in [-0.3, -0.25) is 9.59 Å². The number of H-pyrrole nitrogens is 1. The standard InChI is InChI=1S/C13H12ClN3O2/c1-7-5-11(18)9(6-15-7)13(19)17-10-3-4-12(14)16-8(10)2/h3-6H,1-2H3,(H,15,18)(H,17,19). The molecule has 0 bridgehead atoms. The number of nitrogens with zero attached hydrogens (tertiary/aromatic N) is 1. The number of aryl methyl sites for hydroxylation is 2. The second-order valence-electron chi connectivity index (χ2n) is 4.12. The lowest BCUT2D eigenvalue weighted by Gasteiger charge is -2.07. The van der Waals surface area contributed by atoms with Gasteiger partial charge in [0.25, 0.3) is 5.91 Å². The molecule has 2 rings (SSSR count). The second kappa shape index (κ2) is 5.24. The molecular formula is C13H12ClN3O2. The van der Waals surface area contributed by atoms with Gasteiger partial charge in [0.05, 0.1) is 11.4 Å². The molecule has 19 heavy (non-hydrogen) atoms. The van der Waals surface area contributed by atoms with Crippen LogP contribution in [0.2, 0.25) is 5.15 Å². The Labute approximate surface area is 114 Å². The van der Waals surface area contributed by atoms with Crippen molar-refractivity contribution in [3.63, 3.8) is 0 Å². The smallest absolute Gasteiger partial charge is 0.261 e. The van der Waals surface area contributed by atoms with Crippen molar-refractivity contribution in [3.8, 4) is 0 Å². The SMILES string of the molecule is Cc1cc(=O)c(C(=O)Nc2ccc(Cl)nc2C)c[nH]1. The third-order valence-corrected chi connectivity index (χ3v) is 2.81.